The van der Waals surface area contributed by atoms with E-state index >= 15 is 0 Å². The average molecular weight is 481 g/mol. The van der Waals surface area contributed by atoms with E-state index in [1.54, 1.807) is 6.92 Å². The van der Waals surface area contributed by atoms with Crippen molar-refractivity contribution in [2.24, 2.45) is 5.92 Å². The molecule has 1 saturated carbocycles. The lowest BCUT2D eigenvalue weighted by molar-refractivity contribution is -0.149. The van der Waals surface area contributed by atoms with Gasteiger partial charge in [-0.2, -0.15) is 0 Å². The zero-order valence-electron chi connectivity index (χ0n) is 20.3. The summed E-state index contributed by atoms with van der Waals surface area (Å²) in [4.78, 5) is 37.3. The minimum Gasteiger partial charge on any atom is -0.479 e. The standard InChI is InChI=1S/C27H32N2O6/c1-26(17-12-13-17,14-23(30)28-27(2,16-34-3)24(31)32)29-25(33)35-15-22-20-10-6-4-8-18(20)19-9-5-7-11-21(19)22/h4-11,17,22H,12-16H2,1-3H3,(H,28,30)(H,29,33)(H,31,32). The van der Waals surface area contributed by atoms with Crippen LogP contribution in [-0.2, 0) is 19.1 Å². The number of alkyl carbamates (subject to hydrolysis) is 1. The summed E-state index contributed by atoms with van der Waals surface area (Å²) in [5.74, 6) is -1.60. The largest absolute Gasteiger partial charge is 0.479 e. The summed E-state index contributed by atoms with van der Waals surface area (Å²) in [6.45, 7) is 3.20. The number of hydrogen-bond donors (Lipinski definition) is 3. The average Bonchev–Trinajstić information content (AvgIpc) is 3.62. The fraction of sp³-hybridized carbons (Fsp3) is 0.444. The highest BCUT2D eigenvalue weighted by Crippen LogP contribution is 2.45. The minimum atomic E-state index is -1.56. The SMILES string of the molecule is COCC(C)(NC(=O)CC(C)(NC(=O)OCC1c2ccccc2-c2ccccc21)C1CC1)C(=O)O. The summed E-state index contributed by atoms with van der Waals surface area (Å²) in [6, 6.07) is 16.2. The van der Waals surface area contributed by atoms with Gasteiger partial charge in [0.15, 0.2) is 5.54 Å². The van der Waals surface area contributed by atoms with Gasteiger partial charge in [0.05, 0.1) is 12.1 Å². The molecule has 3 N–H and O–H groups in total. The number of fused-ring (bicyclic) bond motifs is 3. The lowest BCUT2D eigenvalue weighted by atomic mass is 9.90. The number of carboxylic acid groups (broad SMARTS) is 1. The number of ether oxygens (including phenoxy) is 2. The molecule has 4 rings (SSSR count). The summed E-state index contributed by atoms with van der Waals surface area (Å²) < 4.78 is 10.6. The number of carbonyl (C=O) groups excluding carboxylic acids is 2. The zero-order chi connectivity index (χ0) is 25.2. The third kappa shape index (κ3) is 5.17. The normalized spacial score (nSPS) is 17.9. The van der Waals surface area contributed by atoms with E-state index in [4.69, 9.17) is 9.47 Å². The van der Waals surface area contributed by atoms with E-state index in [2.05, 4.69) is 34.9 Å². The topological polar surface area (TPSA) is 114 Å². The molecule has 0 spiro atoms. The molecular weight excluding hydrogens is 448 g/mol. The first-order valence-corrected chi connectivity index (χ1v) is 11.8. The molecule has 2 unspecified atom stereocenters. The first kappa shape index (κ1) is 24.7. The van der Waals surface area contributed by atoms with Gasteiger partial charge in [-0.25, -0.2) is 9.59 Å². The number of benzene rings is 2. The number of carboxylic acids is 1. The van der Waals surface area contributed by atoms with Crippen molar-refractivity contribution in [2.45, 2.75) is 50.1 Å². The molecule has 8 nitrogen and oxygen atoms in total. The second-order valence-corrected chi connectivity index (χ2v) is 9.94. The van der Waals surface area contributed by atoms with E-state index in [0.717, 1.165) is 35.1 Å². The van der Waals surface area contributed by atoms with Gasteiger partial charge < -0.3 is 25.2 Å². The van der Waals surface area contributed by atoms with Crippen molar-refractivity contribution in [1.82, 2.24) is 10.6 Å². The number of amides is 2. The van der Waals surface area contributed by atoms with Crippen molar-refractivity contribution in [3.63, 3.8) is 0 Å². The maximum Gasteiger partial charge on any atom is 0.407 e. The maximum atomic E-state index is 12.9. The van der Waals surface area contributed by atoms with Crippen LogP contribution in [0.3, 0.4) is 0 Å². The molecule has 2 aromatic carbocycles. The Kier molecular flexibility index (Phi) is 6.85. The van der Waals surface area contributed by atoms with Crippen molar-refractivity contribution in [2.75, 3.05) is 20.3 Å². The Morgan fingerprint density at radius 3 is 2.06 bits per heavy atom. The molecule has 2 amide bonds. The highest BCUT2D eigenvalue weighted by molar-refractivity contribution is 5.87. The lowest BCUT2D eigenvalue weighted by Crippen LogP contribution is -2.58. The zero-order valence-corrected chi connectivity index (χ0v) is 20.3. The molecule has 1 fully saturated rings. The predicted molar refractivity (Wildman–Crippen MR) is 130 cm³/mol. The molecule has 2 aliphatic carbocycles. The van der Waals surface area contributed by atoms with Gasteiger partial charge in [0.2, 0.25) is 5.91 Å². The van der Waals surface area contributed by atoms with Gasteiger partial charge in [0, 0.05) is 19.4 Å². The minimum absolute atomic E-state index is 0.0611. The van der Waals surface area contributed by atoms with Crippen LogP contribution in [0.5, 0.6) is 0 Å². The molecule has 0 aliphatic heterocycles. The molecule has 35 heavy (non-hydrogen) atoms. The fourth-order valence-electron chi connectivity index (χ4n) is 5.00. The Hall–Kier alpha value is -3.39. The summed E-state index contributed by atoms with van der Waals surface area (Å²) in [5, 5.41) is 15.0. The number of aliphatic carboxylic acids is 1. The molecule has 2 atom stereocenters. The van der Waals surface area contributed by atoms with Gasteiger partial charge in [-0.3, -0.25) is 4.79 Å². The van der Waals surface area contributed by atoms with Gasteiger partial charge >= 0.3 is 12.1 Å². The smallest absolute Gasteiger partial charge is 0.407 e. The van der Waals surface area contributed by atoms with Gasteiger partial charge in [0.25, 0.3) is 0 Å². The molecule has 2 aromatic rings. The molecule has 8 heteroatoms. The van der Waals surface area contributed by atoms with E-state index in [1.807, 2.05) is 24.3 Å². The van der Waals surface area contributed by atoms with Crippen molar-refractivity contribution in [3.05, 3.63) is 59.7 Å². The second kappa shape index (κ2) is 9.70. The monoisotopic (exact) mass is 480 g/mol. The Morgan fingerprint density at radius 2 is 1.54 bits per heavy atom. The third-order valence-corrected chi connectivity index (χ3v) is 7.06. The lowest BCUT2D eigenvalue weighted by Gasteiger charge is -2.32. The quantitative estimate of drug-likeness (QED) is 0.478. The maximum absolute atomic E-state index is 12.9. The van der Waals surface area contributed by atoms with Crippen LogP contribution in [-0.4, -0.2) is 54.5 Å². The van der Waals surface area contributed by atoms with Crippen LogP contribution >= 0.6 is 0 Å². The Bertz CT molecular complexity index is 1080. The summed E-state index contributed by atoms with van der Waals surface area (Å²) in [7, 11) is 1.38. The molecule has 0 radical (unpaired) electrons. The van der Waals surface area contributed by atoms with Crippen molar-refractivity contribution < 1.29 is 29.0 Å². The van der Waals surface area contributed by atoms with E-state index < -0.39 is 29.0 Å². The van der Waals surface area contributed by atoms with E-state index in [1.165, 1.54) is 14.0 Å². The first-order chi connectivity index (χ1) is 16.7. The molecule has 0 saturated heterocycles. The highest BCUT2D eigenvalue weighted by Gasteiger charge is 2.46. The number of hydrogen-bond acceptors (Lipinski definition) is 5. The van der Waals surface area contributed by atoms with Crippen LogP contribution in [0.1, 0.15) is 50.2 Å². The Morgan fingerprint density at radius 1 is 0.971 bits per heavy atom. The van der Waals surface area contributed by atoms with Gasteiger partial charge in [-0.1, -0.05) is 48.5 Å². The highest BCUT2D eigenvalue weighted by atomic mass is 16.5. The van der Waals surface area contributed by atoms with E-state index in [0.29, 0.717) is 0 Å². The first-order valence-electron chi connectivity index (χ1n) is 11.8. The van der Waals surface area contributed by atoms with Crippen LogP contribution < -0.4 is 10.6 Å². The Balaban J connectivity index is 1.41. The molecule has 0 aromatic heterocycles. The number of carbonyl (C=O) groups is 3. The fourth-order valence-corrected chi connectivity index (χ4v) is 5.00. The van der Waals surface area contributed by atoms with Crippen LogP contribution in [0.4, 0.5) is 4.79 Å². The molecule has 2 aliphatic rings. The van der Waals surface area contributed by atoms with Gasteiger partial charge in [0.1, 0.15) is 6.61 Å². The summed E-state index contributed by atoms with van der Waals surface area (Å²) >= 11 is 0. The molecule has 186 valence electrons. The third-order valence-electron chi connectivity index (χ3n) is 7.06. The van der Waals surface area contributed by atoms with Gasteiger partial charge in [-0.05, 0) is 54.9 Å². The molecular formula is C27H32N2O6. The number of methoxy groups -OCH3 is 1. The molecule has 0 heterocycles. The van der Waals surface area contributed by atoms with E-state index in [9.17, 15) is 19.5 Å². The van der Waals surface area contributed by atoms with Crippen molar-refractivity contribution in [1.29, 1.82) is 0 Å². The van der Waals surface area contributed by atoms with Crippen molar-refractivity contribution in [3.8, 4) is 11.1 Å². The van der Waals surface area contributed by atoms with E-state index in [-0.39, 0.29) is 31.5 Å². The van der Waals surface area contributed by atoms with Crippen LogP contribution in [0.25, 0.3) is 11.1 Å². The van der Waals surface area contributed by atoms with Gasteiger partial charge in [-0.15, -0.1) is 0 Å². The number of nitrogens with one attached hydrogen (secondary N) is 2. The molecule has 0 bridgehead atoms. The van der Waals surface area contributed by atoms with Crippen LogP contribution in [0.2, 0.25) is 0 Å². The summed E-state index contributed by atoms with van der Waals surface area (Å²) in [6.07, 6.45) is 1.10. The van der Waals surface area contributed by atoms with Crippen LogP contribution in [0.15, 0.2) is 48.5 Å². The second-order valence-electron chi connectivity index (χ2n) is 9.94. The van der Waals surface area contributed by atoms with Crippen LogP contribution in [0, 0.1) is 5.92 Å². The number of rotatable bonds is 10. The van der Waals surface area contributed by atoms with Crippen molar-refractivity contribution >= 4 is 18.0 Å². The predicted octanol–water partition coefficient (Wildman–Crippen LogP) is 3.69. The summed E-state index contributed by atoms with van der Waals surface area (Å²) in [5.41, 5.74) is 2.14. The Labute approximate surface area is 205 Å².